The van der Waals surface area contributed by atoms with E-state index in [1.54, 1.807) is 19.2 Å². The number of hydrogen-bond donors (Lipinski definition) is 2. The second-order valence-electron chi connectivity index (χ2n) is 3.31. The van der Waals surface area contributed by atoms with E-state index in [9.17, 15) is 4.79 Å². The highest BCUT2D eigenvalue weighted by atomic mass is 16.3. The summed E-state index contributed by atoms with van der Waals surface area (Å²) in [6, 6.07) is 1.52. The van der Waals surface area contributed by atoms with Crippen molar-refractivity contribution in [3.8, 4) is 0 Å². The van der Waals surface area contributed by atoms with Crippen LogP contribution in [-0.4, -0.2) is 28.6 Å². The van der Waals surface area contributed by atoms with Gasteiger partial charge < -0.3 is 10.4 Å². The van der Waals surface area contributed by atoms with Crippen molar-refractivity contribution in [1.82, 2.24) is 10.3 Å². The molecule has 0 aromatic carbocycles. The van der Waals surface area contributed by atoms with Gasteiger partial charge in [0.15, 0.2) is 0 Å². The van der Waals surface area contributed by atoms with Crippen molar-refractivity contribution in [3.63, 3.8) is 0 Å². The van der Waals surface area contributed by atoms with Gasteiger partial charge in [-0.3, -0.25) is 9.78 Å². The van der Waals surface area contributed by atoms with E-state index in [2.05, 4.69) is 10.3 Å². The normalized spacial score (nSPS) is 12.2. The van der Waals surface area contributed by atoms with Crippen LogP contribution in [0.25, 0.3) is 0 Å². The Morgan fingerprint density at radius 1 is 1.64 bits per heavy atom. The van der Waals surface area contributed by atoms with E-state index in [1.165, 1.54) is 6.20 Å². The minimum atomic E-state index is -0.233. The standard InChI is InChI=1S/C10H14N2O2/c1-7-3-9(5-11-4-7)10(14)12-8(2)6-13/h3-5,8,13H,6H2,1-2H3,(H,12,14). The summed E-state index contributed by atoms with van der Waals surface area (Å²) in [6.07, 6.45) is 3.19. The molecular weight excluding hydrogens is 180 g/mol. The average molecular weight is 194 g/mol. The summed E-state index contributed by atoms with van der Waals surface area (Å²) in [7, 11) is 0. The van der Waals surface area contributed by atoms with Gasteiger partial charge in [0.1, 0.15) is 0 Å². The molecule has 76 valence electrons. The maximum Gasteiger partial charge on any atom is 0.253 e. The van der Waals surface area contributed by atoms with E-state index < -0.39 is 0 Å². The lowest BCUT2D eigenvalue weighted by Gasteiger charge is -2.10. The van der Waals surface area contributed by atoms with Crippen LogP contribution in [0.15, 0.2) is 18.5 Å². The largest absolute Gasteiger partial charge is 0.394 e. The monoisotopic (exact) mass is 194 g/mol. The number of nitrogens with one attached hydrogen (secondary N) is 1. The quantitative estimate of drug-likeness (QED) is 0.736. The third-order valence-corrected chi connectivity index (χ3v) is 1.79. The molecule has 4 nitrogen and oxygen atoms in total. The maximum atomic E-state index is 11.5. The lowest BCUT2D eigenvalue weighted by Crippen LogP contribution is -2.35. The molecule has 2 N–H and O–H groups in total. The van der Waals surface area contributed by atoms with Crippen LogP contribution in [0.2, 0.25) is 0 Å². The predicted molar refractivity (Wildman–Crippen MR) is 53.0 cm³/mol. The molecule has 1 aromatic rings. The predicted octanol–water partition coefficient (Wildman–Crippen LogP) is 0.501. The van der Waals surface area contributed by atoms with Gasteiger partial charge in [-0.05, 0) is 25.5 Å². The summed E-state index contributed by atoms with van der Waals surface area (Å²) >= 11 is 0. The number of carbonyl (C=O) groups excluding carboxylic acids is 1. The second-order valence-corrected chi connectivity index (χ2v) is 3.31. The number of amides is 1. The highest BCUT2D eigenvalue weighted by Crippen LogP contribution is 2.01. The number of nitrogens with zero attached hydrogens (tertiary/aromatic N) is 1. The molecule has 1 rings (SSSR count). The van der Waals surface area contributed by atoms with E-state index in [0.717, 1.165) is 5.56 Å². The van der Waals surface area contributed by atoms with Crippen molar-refractivity contribution in [3.05, 3.63) is 29.6 Å². The molecule has 0 aliphatic heterocycles. The second kappa shape index (κ2) is 4.72. The first kappa shape index (κ1) is 10.7. The first-order chi connectivity index (χ1) is 6.63. The Bertz CT molecular complexity index is 326. The van der Waals surface area contributed by atoms with Crippen molar-refractivity contribution in [1.29, 1.82) is 0 Å². The lowest BCUT2D eigenvalue weighted by molar-refractivity contribution is 0.0922. The SMILES string of the molecule is Cc1cncc(C(=O)NC(C)CO)c1. The van der Waals surface area contributed by atoms with E-state index >= 15 is 0 Å². The van der Waals surface area contributed by atoms with Gasteiger partial charge in [-0.1, -0.05) is 0 Å². The molecule has 0 aliphatic rings. The van der Waals surface area contributed by atoms with Gasteiger partial charge in [-0.25, -0.2) is 0 Å². The van der Waals surface area contributed by atoms with Crippen molar-refractivity contribution >= 4 is 5.91 Å². The number of pyridine rings is 1. The summed E-state index contributed by atoms with van der Waals surface area (Å²) in [4.78, 5) is 15.4. The van der Waals surface area contributed by atoms with Gasteiger partial charge in [0.25, 0.3) is 5.91 Å². The van der Waals surface area contributed by atoms with Crippen molar-refractivity contribution < 1.29 is 9.90 Å². The van der Waals surface area contributed by atoms with Crippen LogP contribution in [0.4, 0.5) is 0 Å². The number of aromatic nitrogens is 1. The van der Waals surface area contributed by atoms with Gasteiger partial charge in [0.2, 0.25) is 0 Å². The summed E-state index contributed by atoms with van der Waals surface area (Å²) in [5, 5.41) is 11.4. The van der Waals surface area contributed by atoms with Crippen molar-refractivity contribution in [2.45, 2.75) is 19.9 Å². The summed E-state index contributed by atoms with van der Waals surface area (Å²) < 4.78 is 0. The molecule has 0 saturated heterocycles. The Morgan fingerprint density at radius 2 is 2.36 bits per heavy atom. The van der Waals surface area contributed by atoms with E-state index in [1.807, 2.05) is 6.92 Å². The lowest BCUT2D eigenvalue weighted by atomic mass is 10.2. The minimum Gasteiger partial charge on any atom is -0.394 e. The fourth-order valence-electron chi connectivity index (χ4n) is 1.03. The summed E-state index contributed by atoms with van der Waals surface area (Å²) in [5.74, 6) is -0.206. The Hall–Kier alpha value is -1.42. The zero-order valence-corrected chi connectivity index (χ0v) is 8.32. The first-order valence-corrected chi connectivity index (χ1v) is 4.47. The summed E-state index contributed by atoms with van der Waals surface area (Å²) in [6.45, 7) is 3.55. The van der Waals surface area contributed by atoms with Crippen LogP contribution in [0.3, 0.4) is 0 Å². The number of hydrogen-bond acceptors (Lipinski definition) is 3. The smallest absolute Gasteiger partial charge is 0.253 e. The number of aliphatic hydroxyl groups is 1. The van der Waals surface area contributed by atoms with Crippen LogP contribution >= 0.6 is 0 Å². The van der Waals surface area contributed by atoms with Crippen LogP contribution in [-0.2, 0) is 0 Å². The Labute approximate surface area is 83.0 Å². The Balaban J connectivity index is 2.70. The molecule has 1 aromatic heterocycles. The molecule has 1 heterocycles. The van der Waals surface area contributed by atoms with Crippen LogP contribution in [0, 0.1) is 6.92 Å². The van der Waals surface area contributed by atoms with Crippen molar-refractivity contribution in [2.24, 2.45) is 0 Å². The highest BCUT2D eigenvalue weighted by Gasteiger charge is 2.08. The molecular formula is C10H14N2O2. The molecule has 1 amide bonds. The van der Waals surface area contributed by atoms with Crippen LogP contribution in [0.1, 0.15) is 22.8 Å². The third-order valence-electron chi connectivity index (χ3n) is 1.79. The van der Waals surface area contributed by atoms with Crippen LogP contribution in [0.5, 0.6) is 0 Å². The van der Waals surface area contributed by atoms with E-state index in [0.29, 0.717) is 5.56 Å². The number of carbonyl (C=O) groups is 1. The fourth-order valence-corrected chi connectivity index (χ4v) is 1.03. The molecule has 0 radical (unpaired) electrons. The molecule has 1 unspecified atom stereocenters. The molecule has 1 atom stereocenters. The van der Waals surface area contributed by atoms with Gasteiger partial charge in [0.05, 0.1) is 12.2 Å². The molecule has 14 heavy (non-hydrogen) atoms. The molecule has 4 heteroatoms. The zero-order valence-electron chi connectivity index (χ0n) is 8.32. The van der Waals surface area contributed by atoms with Gasteiger partial charge >= 0.3 is 0 Å². The molecule has 0 spiro atoms. The van der Waals surface area contributed by atoms with Gasteiger partial charge in [0, 0.05) is 18.4 Å². The van der Waals surface area contributed by atoms with Crippen molar-refractivity contribution in [2.75, 3.05) is 6.61 Å². The van der Waals surface area contributed by atoms with Crippen LogP contribution < -0.4 is 5.32 Å². The maximum absolute atomic E-state index is 11.5. The van der Waals surface area contributed by atoms with E-state index in [4.69, 9.17) is 5.11 Å². The Morgan fingerprint density at radius 3 is 2.93 bits per heavy atom. The number of rotatable bonds is 3. The minimum absolute atomic E-state index is 0.0645. The average Bonchev–Trinajstić information content (AvgIpc) is 2.17. The first-order valence-electron chi connectivity index (χ1n) is 4.47. The fraction of sp³-hybridized carbons (Fsp3) is 0.400. The highest BCUT2D eigenvalue weighted by molar-refractivity contribution is 5.94. The third kappa shape index (κ3) is 2.81. The molecule has 0 aliphatic carbocycles. The van der Waals surface area contributed by atoms with Gasteiger partial charge in [-0.2, -0.15) is 0 Å². The topological polar surface area (TPSA) is 62.2 Å². The molecule has 0 bridgehead atoms. The number of aliphatic hydroxyl groups excluding tert-OH is 1. The number of aryl methyl sites for hydroxylation is 1. The van der Waals surface area contributed by atoms with E-state index in [-0.39, 0.29) is 18.6 Å². The molecule has 0 saturated carbocycles. The van der Waals surface area contributed by atoms with Gasteiger partial charge in [-0.15, -0.1) is 0 Å². The molecule has 0 fully saturated rings. The Kier molecular flexibility index (Phi) is 3.59. The summed E-state index contributed by atoms with van der Waals surface area (Å²) in [5.41, 5.74) is 1.46. The zero-order chi connectivity index (χ0) is 10.6.